The maximum Gasteiger partial charge on any atom is 0.260 e. The van der Waals surface area contributed by atoms with E-state index < -0.39 is 0 Å². The fraction of sp³-hybridized carbons (Fsp3) is 0.0769. The van der Waals surface area contributed by atoms with Crippen LogP contribution in [-0.2, 0) is 0 Å². The first-order valence-corrected chi connectivity index (χ1v) is 6.29. The van der Waals surface area contributed by atoms with Gasteiger partial charge in [-0.25, -0.2) is 4.98 Å². The number of para-hydroxylation sites is 1. The van der Waals surface area contributed by atoms with E-state index >= 15 is 0 Å². The zero-order chi connectivity index (χ0) is 12.5. The highest BCUT2D eigenvalue weighted by Gasteiger charge is 2.11. The molecule has 0 spiro atoms. The predicted octanol–water partition coefficient (Wildman–Crippen LogP) is 3.26. The van der Waals surface area contributed by atoms with Crippen LogP contribution in [0.5, 0.6) is 0 Å². The Morgan fingerprint density at radius 3 is 2.89 bits per heavy atom. The van der Waals surface area contributed by atoms with E-state index in [-0.39, 0.29) is 0 Å². The molecule has 0 aliphatic carbocycles. The van der Waals surface area contributed by atoms with Crippen LogP contribution in [0.25, 0.3) is 10.9 Å². The third-order valence-corrected chi connectivity index (χ3v) is 3.56. The number of hydrogen-bond donors (Lipinski definition) is 1. The minimum Gasteiger partial charge on any atom is -0.439 e. The average molecular weight is 257 g/mol. The fourth-order valence-corrected chi connectivity index (χ4v) is 2.63. The number of rotatable bonds is 2. The van der Waals surface area contributed by atoms with E-state index in [1.165, 1.54) is 11.8 Å². The summed E-state index contributed by atoms with van der Waals surface area (Å²) in [5.41, 5.74) is 8.39. The number of benzene rings is 1. The fourth-order valence-electron chi connectivity index (χ4n) is 1.71. The van der Waals surface area contributed by atoms with Crippen molar-refractivity contribution < 1.29 is 4.42 Å². The molecule has 0 amide bonds. The van der Waals surface area contributed by atoms with Gasteiger partial charge in [-0.2, -0.15) is 0 Å². The van der Waals surface area contributed by atoms with Crippen molar-refractivity contribution in [1.29, 1.82) is 0 Å². The summed E-state index contributed by atoms with van der Waals surface area (Å²) in [5, 5.41) is 1.61. The zero-order valence-corrected chi connectivity index (χ0v) is 10.6. The molecule has 3 aromatic rings. The van der Waals surface area contributed by atoms with Gasteiger partial charge >= 0.3 is 0 Å². The van der Waals surface area contributed by atoms with E-state index in [2.05, 4.69) is 9.97 Å². The van der Waals surface area contributed by atoms with E-state index in [1.807, 2.05) is 31.2 Å². The summed E-state index contributed by atoms with van der Waals surface area (Å²) in [6, 6.07) is 7.88. The van der Waals surface area contributed by atoms with Gasteiger partial charge in [0.2, 0.25) is 0 Å². The molecule has 2 aromatic heterocycles. The van der Waals surface area contributed by atoms with Crippen molar-refractivity contribution in [3.05, 3.63) is 42.4 Å². The second kappa shape index (κ2) is 4.34. The first-order chi connectivity index (χ1) is 8.74. The molecule has 0 fully saturated rings. The first-order valence-electron chi connectivity index (χ1n) is 5.47. The summed E-state index contributed by atoms with van der Waals surface area (Å²) in [5.74, 6) is 0. The number of hydrogen-bond acceptors (Lipinski definition) is 5. The number of pyridine rings is 1. The Morgan fingerprint density at radius 2 is 2.11 bits per heavy atom. The van der Waals surface area contributed by atoms with Crippen LogP contribution in [-0.4, -0.2) is 9.97 Å². The maximum atomic E-state index is 5.99. The number of fused-ring (bicyclic) bond motifs is 1. The lowest BCUT2D eigenvalue weighted by molar-refractivity contribution is 0.454. The molecule has 2 N–H and O–H groups in total. The van der Waals surface area contributed by atoms with Gasteiger partial charge in [0.15, 0.2) is 0 Å². The molecule has 0 atom stereocenters. The van der Waals surface area contributed by atoms with Crippen LogP contribution in [0.4, 0.5) is 5.69 Å². The summed E-state index contributed by atoms with van der Waals surface area (Å²) in [6.45, 7) is 1.89. The Hall–Kier alpha value is -2.01. The Labute approximate surface area is 108 Å². The second-order valence-electron chi connectivity index (χ2n) is 3.92. The van der Waals surface area contributed by atoms with Crippen molar-refractivity contribution in [2.45, 2.75) is 17.0 Å². The number of aromatic nitrogens is 2. The highest BCUT2D eigenvalue weighted by Crippen LogP contribution is 2.36. The van der Waals surface area contributed by atoms with E-state index in [1.54, 1.807) is 12.5 Å². The molecule has 0 unspecified atom stereocenters. The SMILES string of the molecule is Cc1coc(Sc2c(N)cnc3ccccc23)n1. The largest absolute Gasteiger partial charge is 0.439 e. The lowest BCUT2D eigenvalue weighted by Gasteiger charge is -2.06. The number of nitrogen functional groups attached to an aromatic ring is 1. The third-order valence-electron chi connectivity index (χ3n) is 2.54. The summed E-state index contributed by atoms with van der Waals surface area (Å²) >= 11 is 1.42. The molecule has 3 rings (SSSR count). The molecular formula is C13H11N3OS. The van der Waals surface area contributed by atoms with Crippen molar-refractivity contribution in [2.75, 3.05) is 5.73 Å². The molecule has 1 aromatic carbocycles. The Kier molecular flexibility index (Phi) is 2.68. The monoisotopic (exact) mass is 257 g/mol. The van der Waals surface area contributed by atoms with Crippen LogP contribution in [0.1, 0.15) is 5.69 Å². The quantitative estimate of drug-likeness (QED) is 0.763. The second-order valence-corrected chi connectivity index (χ2v) is 4.88. The van der Waals surface area contributed by atoms with Crippen molar-refractivity contribution in [3.63, 3.8) is 0 Å². The van der Waals surface area contributed by atoms with Crippen LogP contribution < -0.4 is 5.73 Å². The predicted molar refractivity (Wildman–Crippen MR) is 71.5 cm³/mol. The number of oxazole rings is 1. The van der Waals surface area contributed by atoms with Gasteiger partial charge in [0.25, 0.3) is 5.22 Å². The standard InChI is InChI=1S/C13H11N3OS/c1-8-7-17-13(16-8)18-12-9-4-2-3-5-11(9)15-6-10(12)14/h2-7H,14H2,1H3. The zero-order valence-electron chi connectivity index (χ0n) is 9.75. The molecular weight excluding hydrogens is 246 g/mol. The summed E-state index contributed by atoms with van der Waals surface area (Å²) < 4.78 is 5.35. The van der Waals surface area contributed by atoms with Crippen molar-refractivity contribution in [1.82, 2.24) is 9.97 Å². The van der Waals surface area contributed by atoms with Crippen molar-refractivity contribution in [2.24, 2.45) is 0 Å². The normalized spacial score (nSPS) is 10.9. The third kappa shape index (κ3) is 1.93. The highest BCUT2D eigenvalue weighted by molar-refractivity contribution is 7.99. The van der Waals surface area contributed by atoms with Gasteiger partial charge in [-0.1, -0.05) is 18.2 Å². The lowest BCUT2D eigenvalue weighted by Crippen LogP contribution is -1.92. The summed E-state index contributed by atoms with van der Waals surface area (Å²) in [6.07, 6.45) is 3.29. The molecule has 0 saturated carbocycles. The molecule has 5 heteroatoms. The number of nitrogens with zero attached hydrogens (tertiary/aromatic N) is 2. The van der Waals surface area contributed by atoms with Crippen molar-refractivity contribution in [3.8, 4) is 0 Å². The number of aryl methyl sites for hydroxylation is 1. The van der Waals surface area contributed by atoms with E-state index in [0.717, 1.165) is 21.5 Å². The smallest absolute Gasteiger partial charge is 0.260 e. The number of nitrogens with two attached hydrogens (primary N) is 1. The van der Waals surface area contributed by atoms with Crippen LogP contribution in [0, 0.1) is 6.92 Å². The van der Waals surface area contributed by atoms with Crippen LogP contribution in [0.2, 0.25) is 0 Å². The van der Waals surface area contributed by atoms with Crippen molar-refractivity contribution >= 4 is 28.4 Å². The molecule has 0 saturated heterocycles. The van der Waals surface area contributed by atoms with E-state index in [9.17, 15) is 0 Å². The lowest BCUT2D eigenvalue weighted by atomic mass is 10.2. The molecule has 4 nitrogen and oxygen atoms in total. The molecule has 0 bridgehead atoms. The van der Waals surface area contributed by atoms with Gasteiger partial charge in [0.05, 0.1) is 28.0 Å². The maximum absolute atomic E-state index is 5.99. The van der Waals surface area contributed by atoms with Gasteiger partial charge in [0.1, 0.15) is 6.26 Å². The van der Waals surface area contributed by atoms with E-state index in [0.29, 0.717) is 10.9 Å². The van der Waals surface area contributed by atoms with Gasteiger partial charge in [-0.15, -0.1) is 0 Å². The van der Waals surface area contributed by atoms with Gasteiger partial charge in [-0.3, -0.25) is 4.98 Å². The molecule has 0 radical (unpaired) electrons. The molecule has 90 valence electrons. The Balaban J connectivity index is 2.12. The highest BCUT2D eigenvalue weighted by atomic mass is 32.2. The van der Waals surface area contributed by atoms with Gasteiger partial charge < -0.3 is 10.2 Å². The minimum atomic E-state index is 0.593. The topological polar surface area (TPSA) is 64.9 Å². The molecule has 0 aliphatic rings. The van der Waals surface area contributed by atoms with Gasteiger partial charge in [0, 0.05) is 5.39 Å². The summed E-state index contributed by atoms with van der Waals surface area (Å²) in [4.78, 5) is 9.51. The Bertz CT molecular complexity index is 708. The Morgan fingerprint density at radius 1 is 1.28 bits per heavy atom. The van der Waals surface area contributed by atoms with Crippen LogP contribution in [0.15, 0.2) is 51.3 Å². The summed E-state index contributed by atoms with van der Waals surface area (Å²) in [7, 11) is 0. The first kappa shape index (κ1) is 11.1. The van der Waals surface area contributed by atoms with E-state index in [4.69, 9.17) is 10.2 Å². The molecule has 0 aliphatic heterocycles. The van der Waals surface area contributed by atoms with Crippen LogP contribution in [0.3, 0.4) is 0 Å². The average Bonchev–Trinajstić information content (AvgIpc) is 2.79. The minimum absolute atomic E-state index is 0.593. The molecule has 18 heavy (non-hydrogen) atoms. The molecule has 2 heterocycles. The number of anilines is 1. The van der Waals surface area contributed by atoms with Crippen LogP contribution >= 0.6 is 11.8 Å². The van der Waals surface area contributed by atoms with Gasteiger partial charge in [-0.05, 0) is 24.8 Å².